The monoisotopic (exact) mass is 431 g/mol. The zero-order chi connectivity index (χ0) is 22.1. The molecule has 164 valence electrons. The Morgan fingerprint density at radius 1 is 1.16 bits per heavy atom. The molecule has 0 saturated heterocycles. The number of esters is 1. The number of hydrogen-bond acceptors (Lipinski definition) is 6. The molecule has 32 heavy (non-hydrogen) atoms. The molecule has 1 fully saturated rings. The molecule has 8 heteroatoms. The molecule has 2 aromatic heterocycles. The highest BCUT2D eigenvalue weighted by Crippen LogP contribution is 2.42. The second-order valence-electron chi connectivity index (χ2n) is 8.27. The minimum absolute atomic E-state index is 0.127. The molecule has 2 aliphatic rings. The highest BCUT2D eigenvalue weighted by atomic mass is 16.5. The van der Waals surface area contributed by atoms with Gasteiger partial charge in [-0.2, -0.15) is 5.10 Å². The first-order chi connectivity index (χ1) is 15.7. The number of aromatic nitrogens is 4. The van der Waals surface area contributed by atoms with E-state index < -0.39 is 0 Å². The van der Waals surface area contributed by atoms with Crippen LogP contribution < -0.4 is 5.32 Å². The quantitative estimate of drug-likeness (QED) is 0.603. The fraction of sp³-hybridized carbons (Fsp3) is 0.375. The molecule has 0 bridgehead atoms. The van der Waals surface area contributed by atoms with Crippen LogP contribution in [0.5, 0.6) is 0 Å². The summed E-state index contributed by atoms with van der Waals surface area (Å²) in [4.78, 5) is 33.7. The van der Waals surface area contributed by atoms with E-state index in [-0.39, 0.29) is 30.8 Å². The molecule has 8 nitrogen and oxygen atoms in total. The van der Waals surface area contributed by atoms with Gasteiger partial charge in [-0.15, -0.1) is 0 Å². The van der Waals surface area contributed by atoms with Crippen LogP contribution in [0.25, 0.3) is 17.2 Å². The summed E-state index contributed by atoms with van der Waals surface area (Å²) < 4.78 is 6.34. The van der Waals surface area contributed by atoms with Crippen molar-refractivity contribution in [3.63, 3.8) is 0 Å². The second-order valence-corrected chi connectivity index (χ2v) is 8.27. The summed E-state index contributed by atoms with van der Waals surface area (Å²) >= 11 is 0. The Bertz CT molecular complexity index is 1180. The van der Waals surface area contributed by atoms with Crippen LogP contribution >= 0.6 is 0 Å². The first kappa shape index (κ1) is 20.4. The average Bonchev–Trinajstić information content (AvgIpc) is 3.59. The number of aryl methyl sites for hydroxylation is 2. The fourth-order valence-electron chi connectivity index (χ4n) is 4.27. The number of ether oxygens (including phenoxy) is 1. The predicted octanol–water partition coefficient (Wildman–Crippen LogP) is 2.99. The SMILES string of the molecule is COC(=O)CCNC(=O)c1cnn(-c2ncc3c(n2)-c2ccccc2CCC3)c1C1CC1. The molecular weight excluding hydrogens is 406 g/mol. The molecule has 0 radical (unpaired) electrons. The molecule has 0 aliphatic heterocycles. The summed E-state index contributed by atoms with van der Waals surface area (Å²) in [6.07, 6.45) is 8.63. The third-order valence-electron chi connectivity index (χ3n) is 6.06. The summed E-state index contributed by atoms with van der Waals surface area (Å²) in [6.45, 7) is 0.215. The van der Waals surface area contributed by atoms with Crippen LogP contribution in [-0.4, -0.2) is 45.3 Å². The summed E-state index contributed by atoms with van der Waals surface area (Å²) in [6, 6.07) is 8.37. The highest BCUT2D eigenvalue weighted by Gasteiger charge is 2.34. The van der Waals surface area contributed by atoms with Crippen LogP contribution in [0.4, 0.5) is 0 Å². The molecular formula is C24H25N5O3. The predicted molar refractivity (Wildman–Crippen MR) is 118 cm³/mol. The maximum Gasteiger partial charge on any atom is 0.307 e. The largest absolute Gasteiger partial charge is 0.469 e. The molecule has 0 unspecified atom stereocenters. The van der Waals surface area contributed by atoms with Gasteiger partial charge in [0.25, 0.3) is 11.9 Å². The van der Waals surface area contributed by atoms with Gasteiger partial charge in [0.1, 0.15) is 0 Å². The number of carbonyl (C=O) groups is 2. The summed E-state index contributed by atoms with van der Waals surface area (Å²) in [7, 11) is 1.33. The Hall–Kier alpha value is -3.55. The smallest absolute Gasteiger partial charge is 0.307 e. The Balaban J connectivity index is 1.49. The van der Waals surface area contributed by atoms with E-state index in [1.54, 1.807) is 10.9 Å². The van der Waals surface area contributed by atoms with Crippen molar-refractivity contribution in [1.82, 2.24) is 25.1 Å². The minimum atomic E-state index is -0.359. The molecule has 3 aromatic rings. The lowest BCUT2D eigenvalue weighted by Crippen LogP contribution is -2.27. The van der Waals surface area contributed by atoms with Gasteiger partial charge >= 0.3 is 5.97 Å². The van der Waals surface area contributed by atoms with Crippen molar-refractivity contribution < 1.29 is 14.3 Å². The lowest BCUT2D eigenvalue weighted by atomic mass is 10.0. The number of fused-ring (bicyclic) bond motifs is 3. The molecule has 1 saturated carbocycles. The number of amides is 1. The Kier molecular flexibility index (Phi) is 5.43. The van der Waals surface area contributed by atoms with Crippen molar-refractivity contribution in [2.24, 2.45) is 0 Å². The third kappa shape index (κ3) is 3.88. The van der Waals surface area contributed by atoms with Crippen LogP contribution in [0, 0.1) is 0 Å². The zero-order valence-electron chi connectivity index (χ0n) is 18.0. The molecule has 0 atom stereocenters. The van der Waals surface area contributed by atoms with Gasteiger partial charge < -0.3 is 10.1 Å². The average molecular weight is 431 g/mol. The van der Waals surface area contributed by atoms with Gasteiger partial charge in [-0.1, -0.05) is 24.3 Å². The Morgan fingerprint density at radius 3 is 2.78 bits per heavy atom. The van der Waals surface area contributed by atoms with Crippen LogP contribution in [0.15, 0.2) is 36.7 Å². The summed E-state index contributed by atoms with van der Waals surface area (Å²) in [5, 5.41) is 7.28. The normalized spacial score (nSPS) is 14.8. The number of rotatable bonds is 6. The van der Waals surface area contributed by atoms with Crippen LogP contribution in [-0.2, 0) is 22.4 Å². The number of benzene rings is 1. The topological polar surface area (TPSA) is 99.0 Å². The third-order valence-corrected chi connectivity index (χ3v) is 6.06. The van der Waals surface area contributed by atoms with E-state index in [0.29, 0.717) is 11.5 Å². The van der Waals surface area contributed by atoms with Gasteiger partial charge in [0.2, 0.25) is 0 Å². The molecule has 1 amide bonds. The summed E-state index contributed by atoms with van der Waals surface area (Å²) in [5.74, 6) is 0.133. The van der Waals surface area contributed by atoms with Crippen LogP contribution in [0.1, 0.15) is 58.8 Å². The second kappa shape index (κ2) is 8.53. The number of nitrogens with zero attached hydrogens (tertiary/aromatic N) is 4. The minimum Gasteiger partial charge on any atom is -0.469 e. The van der Waals surface area contributed by atoms with Gasteiger partial charge in [0.15, 0.2) is 0 Å². The van der Waals surface area contributed by atoms with Gasteiger partial charge in [-0.05, 0) is 43.2 Å². The number of hydrogen-bond donors (Lipinski definition) is 1. The van der Waals surface area contributed by atoms with Crippen molar-refractivity contribution in [3.8, 4) is 17.2 Å². The maximum atomic E-state index is 12.8. The van der Waals surface area contributed by atoms with E-state index in [4.69, 9.17) is 4.98 Å². The molecule has 2 heterocycles. The van der Waals surface area contributed by atoms with E-state index >= 15 is 0 Å². The van der Waals surface area contributed by atoms with E-state index in [2.05, 4.69) is 38.3 Å². The molecule has 5 rings (SSSR count). The lowest BCUT2D eigenvalue weighted by Gasteiger charge is -2.12. The lowest BCUT2D eigenvalue weighted by molar-refractivity contribution is -0.140. The van der Waals surface area contributed by atoms with Crippen molar-refractivity contribution >= 4 is 11.9 Å². The molecule has 1 N–H and O–H groups in total. The van der Waals surface area contributed by atoms with E-state index in [1.165, 1.54) is 12.7 Å². The first-order valence-electron chi connectivity index (χ1n) is 11.0. The summed E-state index contributed by atoms with van der Waals surface area (Å²) in [5.41, 5.74) is 5.87. The molecule has 1 aromatic carbocycles. The molecule has 0 spiro atoms. The van der Waals surface area contributed by atoms with E-state index in [9.17, 15) is 9.59 Å². The van der Waals surface area contributed by atoms with Crippen molar-refractivity contribution in [2.45, 2.75) is 44.4 Å². The Morgan fingerprint density at radius 2 is 1.97 bits per heavy atom. The van der Waals surface area contributed by atoms with Crippen LogP contribution in [0.3, 0.4) is 0 Å². The molecule has 2 aliphatic carbocycles. The van der Waals surface area contributed by atoms with Crippen LogP contribution in [0.2, 0.25) is 0 Å². The number of carbonyl (C=O) groups excluding carboxylic acids is 2. The van der Waals surface area contributed by atoms with Gasteiger partial charge in [-0.25, -0.2) is 14.6 Å². The maximum absolute atomic E-state index is 12.8. The highest BCUT2D eigenvalue weighted by molar-refractivity contribution is 5.95. The standard InChI is InChI=1S/C24H25N5O3/c1-32-20(30)11-12-25-23(31)19-14-27-29(22(19)16-9-10-16)24-26-13-17-7-4-6-15-5-2-3-8-18(15)21(17)28-24/h2-3,5,8,13-14,16H,4,6-7,9-12H2,1H3,(H,25,31). The van der Waals surface area contributed by atoms with E-state index in [0.717, 1.165) is 54.6 Å². The zero-order valence-corrected chi connectivity index (χ0v) is 18.0. The van der Waals surface area contributed by atoms with Crippen molar-refractivity contribution in [1.29, 1.82) is 0 Å². The van der Waals surface area contributed by atoms with Gasteiger partial charge in [0.05, 0.1) is 36.7 Å². The van der Waals surface area contributed by atoms with Gasteiger partial charge in [0, 0.05) is 24.2 Å². The van der Waals surface area contributed by atoms with Crippen molar-refractivity contribution in [3.05, 3.63) is 59.0 Å². The Labute approximate surface area is 186 Å². The number of methoxy groups -OCH3 is 1. The number of nitrogens with one attached hydrogen (secondary N) is 1. The first-order valence-corrected chi connectivity index (χ1v) is 11.0. The van der Waals surface area contributed by atoms with E-state index in [1.807, 2.05) is 12.3 Å². The fourth-order valence-corrected chi connectivity index (χ4v) is 4.27. The van der Waals surface area contributed by atoms with Crippen molar-refractivity contribution in [2.75, 3.05) is 13.7 Å². The van der Waals surface area contributed by atoms with Gasteiger partial charge in [-0.3, -0.25) is 9.59 Å².